The summed E-state index contributed by atoms with van der Waals surface area (Å²) < 4.78 is 1.91. The molecule has 4 rings (SSSR count). The average Bonchev–Trinajstić information content (AvgIpc) is 3.20. The van der Waals surface area contributed by atoms with Crippen molar-refractivity contribution >= 4 is 35.0 Å². The van der Waals surface area contributed by atoms with Crippen molar-refractivity contribution in [2.24, 2.45) is 0 Å². The second-order valence-electron chi connectivity index (χ2n) is 7.37. The summed E-state index contributed by atoms with van der Waals surface area (Å²) in [5, 5.41) is 12.7. The standard InChI is InChI=1S/C24H22ClN5OS/c1-15-6-4-7-16(2)21(15)27-23(31)17(3)32-24-29-28-22(18-10-12-26-13-11-18)30(24)20-9-5-8-19(25)14-20/h4-14,17H,1-3H3,(H,27,31)/t17-/m0/s1. The second-order valence-corrected chi connectivity index (χ2v) is 9.12. The van der Waals surface area contributed by atoms with Gasteiger partial charge in [-0.1, -0.05) is 47.6 Å². The lowest BCUT2D eigenvalue weighted by atomic mass is 10.1. The first-order chi connectivity index (χ1) is 15.4. The van der Waals surface area contributed by atoms with Gasteiger partial charge in [-0.2, -0.15) is 0 Å². The van der Waals surface area contributed by atoms with E-state index in [2.05, 4.69) is 20.5 Å². The number of amides is 1. The van der Waals surface area contributed by atoms with Gasteiger partial charge in [-0.15, -0.1) is 10.2 Å². The molecule has 2 aromatic heterocycles. The topological polar surface area (TPSA) is 72.7 Å². The minimum Gasteiger partial charge on any atom is -0.325 e. The first-order valence-corrected chi connectivity index (χ1v) is 11.4. The van der Waals surface area contributed by atoms with Crippen molar-refractivity contribution in [3.63, 3.8) is 0 Å². The molecule has 2 aromatic carbocycles. The molecule has 1 N–H and O–H groups in total. The predicted octanol–water partition coefficient (Wildman–Crippen LogP) is 5.72. The van der Waals surface area contributed by atoms with Crippen molar-refractivity contribution in [2.45, 2.75) is 31.2 Å². The van der Waals surface area contributed by atoms with Crippen molar-refractivity contribution < 1.29 is 4.79 Å². The number of carbonyl (C=O) groups excluding carboxylic acids is 1. The Hall–Kier alpha value is -3.16. The third-order valence-corrected chi connectivity index (χ3v) is 6.30. The number of aromatic nitrogens is 4. The highest BCUT2D eigenvalue weighted by molar-refractivity contribution is 8.00. The van der Waals surface area contributed by atoms with E-state index in [1.165, 1.54) is 11.8 Å². The molecule has 4 aromatic rings. The third-order valence-electron chi connectivity index (χ3n) is 5.02. The fourth-order valence-corrected chi connectivity index (χ4v) is 4.38. The van der Waals surface area contributed by atoms with Crippen molar-refractivity contribution in [3.8, 4) is 17.1 Å². The van der Waals surface area contributed by atoms with Crippen LogP contribution in [0.15, 0.2) is 72.1 Å². The number of hydrogen-bond acceptors (Lipinski definition) is 5. The molecule has 0 aliphatic rings. The van der Waals surface area contributed by atoms with Crippen LogP contribution in [-0.4, -0.2) is 30.9 Å². The van der Waals surface area contributed by atoms with Crippen LogP contribution in [0.1, 0.15) is 18.1 Å². The smallest absolute Gasteiger partial charge is 0.237 e. The van der Waals surface area contributed by atoms with Gasteiger partial charge in [-0.05, 0) is 62.2 Å². The number of aryl methyl sites for hydroxylation is 2. The summed E-state index contributed by atoms with van der Waals surface area (Å²) in [5.41, 5.74) is 4.58. The number of hydrogen-bond donors (Lipinski definition) is 1. The van der Waals surface area contributed by atoms with Crippen LogP contribution in [0.5, 0.6) is 0 Å². The molecule has 0 saturated heterocycles. The van der Waals surface area contributed by atoms with E-state index in [0.717, 1.165) is 28.1 Å². The van der Waals surface area contributed by atoms with Crippen LogP contribution in [0.4, 0.5) is 5.69 Å². The molecule has 0 bridgehead atoms. The SMILES string of the molecule is Cc1cccc(C)c1NC(=O)[C@H](C)Sc1nnc(-c2ccncc2)n1-c1cccc(Cl)c1. The van der Waals surface area contributed by atoms with Gasteiger partial charge >= 0.3 is 0 Å². The summed E-state index contributed by atoms with van der Waals surface area (Å²) in [5.74, 6) is 0.554. The summed E-state index contributed by atoms with van der Waals surface area (Å²) in [6.07, 6.45) is 3.42. The van der Waals surface area contributed by atoms with E-state index < -0.39 is 5.25 Å². The van der Waals surface area contributed by atoms with Crippen LogP contribution in [0.3, 0.4) is 0 Å². The quantitative estimate of drug-likeness (QED) is 0.370. The fraction of sp³-hybridized carbons (Fsp3) is 0.167. The van der Waals surface area contributed by atoms with E-state index in [0.29, 0.717) is 16.0 Å². The summed E-state index contributed by atoms with van der Waals surface area (Å²) in [6, 6.07) is 17.2. The Bertz CT molecular complexity index is 1240. The van der Waals surface area contributed by atoms with Crippen LogP contribution in [0.25, 0.3) is 17.1 Å². The Balaban J connectivity index is 1.66. The fourth-order valence-electron chi connectivity index (χ4n) is 3.33. The molecule has 2 heterocycles. The first-order valence-electron chi connectivity index (χ1n) is 10.1. The number of nitrogens with zero attached hydrogens (tertiary/aromatic N) is 4. The number of rotatable bonds is 6. The maximum absolute atomic E-state index is 13.0. The van der Waals surface area contributed by atoms with Gasteiger partial charge in [0.1, 0.15) is 0 Å². The monoisotopic (exact) mass is 463 g/mol. The minimum absolute atomic E-state index is 0.0986. The Morgan fingerprint density at radius 2 is 1.72 bits per heavy atom. The molecule has 1 amide bonds. The third kappa shape index (κ3) is 4.69. The van der Waals surface area contributed by atoms with Gasteiger partial charge in [0.2, 0.25) is 5.91 Å². The Labute approximate surface area is 196 Å². The molecule has 162 valence electrons. The lowest BCUT2D eigenvalue weighted by Crippen LogP contribution is -2.23. The highest BCUT2D eigenvalue weighted by atomic mass is 35.5. The van der Waals surface area contributed by atoms with Crippen molar-refractivity contribution in [2.75, 3.05) is 5.32 Å². The zero-order valence-corrected chi connectivity index (χ0v) is 19.5. The number of anilines is 1. The lowest BCUT2D eigenvalue weighted by molar-refractivity contribution is -0.115. The van der Waals surface area contributed by atoms with Crippen molar-refractivity contribution in [1.82, 2.24) is 19.7 Å². The molecule has 0 aliphatic heterocycles. The minimum atomic E-state index is -0.401. The molecular formula is C24H22ClN5OS. The molecule has 1 atom stereocenters. The number of halogens is 1. The van der Waals surface area contributed by atoms with Gasteiger partial charge in [0.25, 0.3) is 0 Å². The molecule has 0 unspecified atom stereocenters. The average molecular weight is 464 g/mol. The Morgan fingerprint density at radius 3 is 2.41 bits per heavy atom. The van der Waals surface area contributed by atoms with Crippen LogP contribution in [-0.2, 0) is 4.79 Å². The number of pyridine rings is 1. The number of para-hydroxylation sites is 1. The predicted molar refractivity (Wildman–Crippen MR) is 129 cm³/mol. The lowest BCUT2D eigenvalue weighted by Gasteiger charge is -2.16. The molecule has 32 heavy (non-hydrogen) atoms. The maximum atomic E-state index is 13.0. The van der Waals surface area contributed by atoms with Gasteiger partial charge < -0.3 is 5.32 Å². The highest BCUT2D eigenvalue weighted by Gasteiger charge is 2.22. The molecule has 6 nitrogen and oxygen atoms in total. The molecule has 0 spiro atoms. The number of carbonyl (C=O) groups is 1. The van der Waals surface area contributed by atoms with Gasteiger partial charge in [0, 0.05) is 28.7 Å². The second kappa shape index (κ2) is 9.54. The summed E-state index contributed by atoms with van der Waals surface area (Å²) in [7, 11) is 0. The van der Waals surface area contributed by atoms with Gasteiger partial charge in [0.15, 0.2) is 11.0 Å². The zero-order chi connectivity index (χ0) is 22.7. The van der Waals surface area contributed by atoms with Crippen LogP contribution < -0.4 is 5.32 Å². The van der Waals surface area contributed by atoms with Crippen molar-refractivity contribution in [1.29, 1.82) is 0 Å². The van der Waals surface area contributed by atoms with E-state index >= 15 is 0 Å². The molecular weight excluding hydrogens is 442 g/mol. The van der Waals surface area contributed by atoms with E-state index in [-0.39, 0.29) is 5.91 Å². The van der Waals surface area contributed by atoms with Crippen molar-refractivity contribution in [3.05, 3.63) is 83.1 Å². The van der Waals surface area contributed by atoms with E-state index in [9.17, 15) is 4.79 Å². The molecule has 0 fully saturated rings. The summed E-state index contributed by atoms with van der Waals surface area (Å²) >= 11 is 7.60. The number of benzene rings is 2. The van der Waals surface area contributed by atoms with Crippen LogP contribution in [0, 0.1) is 13.8 Å². The van der Waals surface area contributed by atoms with Gasteiger partial charge in [0.05, 0.1) is 10.9 Å². The van der Waals surface area contributed by atoms with Gasteiger partial charge in [-0.25, -0.2) is 0 Å². The molecule has 0 aliphatic carbocycles. The first kappa shape index (κ1) is 22.0. The maximum Gasteiger partial charge on any atom is 0.237 e. The van der Waals surface area contributed by atoms with E-state index in [4.69, 9.17) is 11.6 Å². The Kier molecular flexibility index (Phi) is 6.58. The summed E-state index contributed by atoms with van der Waals surface area (Å²) in [4.78, 5) is 17.1. The molecule has 0 saturated carbocycles. The van der Waals surface area contributed by atoms with E-state index in [1.807, 2.05) is 79.9 Å². The molecule has 8 heteroatoms. The normalized spacial score (nSPS) is 11.9. The van der Waals surface area contributed by atoms with Gasteiger partial charge in [-0.3, -0.25) is 14.3 Å². The highest BCUT2D eigenvalue weighted by Crippen LogP contribution is 2.31. The number of nitrogens with one attached hydrogen (secondary N) is 1. The van der Waals surface area contributed by atoms with Crippen LogP contribution >= 0.6 is 23.4 Å². The largest absolute Gasteiger partial charge is 0.325 e. The summed E-state index contributed by atoms with van der Waals surface area (Å²) in [6.45, 7) is 5.82. The molecule has 0 radical (unpaired) electrons. The zero-order valence-electron chi connectivity index (χ0n) is 17.9. The van der Waals surface area contributed by atoms with E-state index in [1.54, 1.807) is 12.4 Å². The Morgan fingerprint density at radius 1 is 1.03 bits per heavy atom. The van der Waals surface area contributed by atoms with Crippen LogP contribution in [0.2, 0.25) is 5.02 Å². The number of thioether (sulfide) groups is 1.